The van der Waals surface area contributed by atoms with E-state index in [0.717, 1.165) is 25.7 Å². The highest BCUT2D eigenvalue weighted by molar-refractivity contribution is 6.37. The molecule has 0 aromatic heterocycles. The quantitative estimate of drug-likeness (QED) is 0.405. The smallest absolute Gasteiger partial charge is 0.377 e. The normalized spacial score (nSPS) is 26.7. The molecule has 1 heterocycles. The summed E-state index contributed by atoms with van der Waals surface area (Å²) in [5, 5.41) is 9.29. The summed E-state index contributed by atoms with van der Waals surface area (Å²) >= 11 is 0. The van der Waals surface area contributed by atoms with E-state index >= 15 is 0 Å². The summed E-state index contributed by atoms with van der Waals surface area (Å²) < 4.78 is 4.73. The zero-order valence-electron chi connectivity index (χ0n) is 8.36. The van der Waals surface area contributed by atoms with E-state index in [0.29, 0.717) is 6.42 Å². The number of aliphatic hydroxyl groups excluding tert-OH is 1. The van der Waals surface area contributed by atoms with Crippen LogP contribution in [0, 0.1) is 0 Å². The summed E-state index contributed by atoms with van der Waals surface area (Å²) in [6, 6.07) is 0. The van der Waals surface area contributed by atoms with Crippen LogP contribution in [0.4, 0.5) is 0 Å². The van der Waals surface area contributed by atoms with Crippen LogP contribution in [0.3, 0.4) is 0 Å². The third-order valence-electron chi connectivity index (χ3n) is 2.42. The lowest BCUT2D eigenvalue weighted by molar-refractivity contribution is -0.149. The van der Waals surface area contributed by atoms with Gasteiger partial charge in [0.2, 0.25) is 0 Å². The van der Waals surface area contributed by atoms with Crippen molar-refractivity contribution in [2.24, 2.45) is 0 Å². The predicted octanol–water partition coefficient (Wildman–Crippen LogP) is 0.812. The van der Waals surface area contributed by atoms with Crippen molar-refractivity contribution in [3.8, 4) is 0 Å². The van der Waals surface area contributed by atoms with Crippen molar-refractivity contribution in [3.05, 3.63) is 0 Å². The van der Waals surface area contributed by atoms with Crippen LogP contribution in [0.25, 0.3) is 0 Å². The molecule has 1 aliphatic rings. The maximum atomic E-state index is 10.9. The molecule has 0 amide bonds. The molecule has 4 nitrogen and oxygen atoms in total. The lowest BCUT2D eigenvalue weighted by Crippen LogP contribution is -2.26. The van der Waals surface area contributed by atoms with Crippen LogP contribution in [0.1, 0.15) is 39.0 Å². The second-order valence-electron chi connectivity index (χ2n) is 3.60. The number of aliphatic hydroxyl groups is 1. The van der Waals surface area contributed by atoms with E-state index in [1.807, 2.05) is 0 Å². The average Bonchev–Trinajstić information content (AvgIpc) is 2.41. The monoisotopic (exact) mass is 200 g/mol. The van der Waals surface area contributed by atoms with Gasteiger partial charge in [-0.2, -0.15) is 0 Å². The number of rotatable bonds is 5. The molecule has 0 aromatic carbocycles. The van der Waals surface area contributed by atoms with Crippen molar-refractivity contribution in [1.29, 1.82) is 0 Å². The molecular weight excluding hydrogens is 184 g/mol. The Balaban J connectivity index is 2.26. The fourth-order valence-corrected chi connectivity index (χ4v) is 1.54. The number of hydrogen-bond donors (Lipinski definition) is 1. The van der Waals surface area contributed by atoms with Crippen molar-refractivity contribution in [2.45, 2.75) is 51.2 Å². The molecule has 4 heteroatoms. The van der Waals surface area contributed by atoms with Gasteiger partial charge in [-0.1, -0.05) is 26.2 Å². The molecule has 0 aliphatic carbocycles. The molecule has 0 aromatic rings. The summed E-state index contributed by atoms with van der Waals surface area (Å²) in [5.41, 5.74) is 0. The Kier molecular flexibility index (Phi) is 4.07. The largest absolute Gasteiger partial charge is 0.453 e. The number of carbonyl (C=O) groups is 2. The van der Waals surface area contributed by atoms with E-state index in [4.69, 9.17) is 4.74 Å². The van der Waals surface area contributed by atoms with Gasteiger partial charge in [0.05, 0.1) is 0 Å². The third kappa shape index (κ3) is 2.54. The Morgan fingerprint density at radius 2 is 2.00 bits per heavy atom. The Labute approximate surface area is 83.2 Å². The van der Waals surface area contributed by atoms with Crippen LogP contribution in [0.15, 0.2) is 0 Å². The number of esters is 1. The van der Waals surface area contributed by atoms with Gasteiger partial charge in [-0.05, 0) is 12.8 Å². The zero-order valence-corrected chi connectivity index (χ0v) is 8.36. The second-order valence-corrected chi connectivity index (χ2v) is 3.60. The first-order valence-electron chi connectivity index (χ1n) is 5.09. The van der Waals surface area contributed by atoms with Crippen LogP contribution in [-0.2, 0) is 14.3 Å². The van der Waals surface area contributed by atoms with Gasteiger partial charge < -0.3 is 9.84 Å². The van der Waals surface area contributed by atoms with Crippen LogP contribution in [0.2, 0.25) is 0 Å². The maximum Gasteiger partial charge on any atom is 0.377 e. The summed E-state index contributed by atoms with van der Waals surface area (Å²) in [5.74, 6) is -1.69. The highest BCUT2D eigenvalue weighted by atomic mass is 16.6. The maximum absolute atomic E-state index is 10.9. The molecule has 1 N–H and O–H groups in total. The SMILES string of the molecule is CCCCCC[C@@H]1OC(=O)C(=O)C1O. The molecule has 2 atom stereocenters. The minimum atomic E-state index is -1.23. The average molecular weight is 200 g/mol. The molecule has 1 saturated heterocycles. The van der Waals surface area contributed by atoms with Gasteiger partial charge in [0, 0.05) is 0 Å². The highest BCUT2D eigenvalue weighted by Gasteiger charge is 2.41. The van der Waals surface area contributed by atoms with Gasteiger partial charge in [0.25, 0.3) is 5.78 Å². The van der Waals surface area contributed by atoms with E-state index in [1.54, 1.807) is 0 Å². The Morgan fingerprint density at radius 3 is 2.50 bits per heavy atom. The van der Waals surface area contributed by atoms with Gasteiger partial charge in [-0.25, -0.2) is 4.79 Å². The number of ether oxygens (including phenoxy) is 1. The zero-order chi connectivity index (χ0) is 10.6. The fraction of sp³-hybridized carbons (Fsp3) is 0.800. The van der Waals surface area contributed by atoms with Crippen molar-refractivity contribution in [2.75, 3.05) is 0 Å². The van der Waals surface area contributed by atoms with Gasteiger partial charge in [0.15, 0.2) is 6.10 Å². The topological polar surface area (TPSA) is 63.6 Å². The van der Waals surface area contributed by atoms with E-state index < -0.39 is 24.0 Å². The summed E-state index contributed by atoms with van der Waals surface area (Å²) in [4.78, 5) is 21.6. The first-order valence-corrected chi connectivity index (χ1v) is 5.09. The lowest BCUT2D eigenvalue weighted by atomic mass is 10.0. The molecule has 1 unspecified atom stereocenters. The molecule has 0 bridgehead atoms. The fourth-order valence-electron chi connectivity index (χ4n) is 1.54. The van der Waals surface area contributed by atoms with Crippen LogP contribution < -0.4 is 0 Å². The summed E-state index contributed by atoms with van der Waals surface area (Å²) in [6.45, 7) is 2.11. The van der Waals surface area contributed by atoms with Crippen molar-refractivity contribution >= 4 is 11.8 Å². The van der Waals surface area contributed by atoms with Crippen molar-refractivity contribution in [3.63, 3.8) is 0 Å². The van der Waals surface area contributed by atoms with Crippen LogP contribution in [-0.4, -0.2) is 29.1 Å². The first kappa shape index (κ1) is 11.2. The van der Waals surface area contributed by atoms with Crippen molar-refractivity contribution < 1.29 is 19.4 Å². The molecule has 0 spiro atoms. The van der Waals surface area contributed by atoms with Gasteiger partial charge in [-0.15, -0.1) is 0 Å². The molecule has 0 saturated carbocycles. The number of Topliss-reactive ketones (excluding diaryl/α,β-unsaturated/α-hetero) is 1. The molecule has 80 valence electrons. The standard InChI is InChI=1S/C10H16O4/c1-2-3-4-5-6-7-8(11)9(12)10(13)14-7/h7-8,11H,2-6H2,1H3/t7-,8?/m0/s1. The lowest BCUT2D eigenvalue weighted by Gasteiger charge is -2.10. The molecule has 1 fully saturated rings. The van der Waals surface area contributed by atoms with E-state index in [9.17, 15) is 14.7 Å². The third-order valence-corrected chi connectivity index (χ3v) is 2.42. The number of ketones is 1. The number of cyclic esters (lactones) is 1. The first-order chi connectivity index (χ1) is 6.66. The number of carbonyl (C=O) groups excluding carboxylic acids is 2. The van der Waals surface area contributed by atoms with Crippen LogP contribution in [0.5, 0.6) is 0 Å². The van der Waals surface area contributed by atoms with Gasteiger partial charge >= 0.3 is 5.97 Å². The molecule has 14 heavy (non-hydrogen) atoms. The number of hydrogen-bond acceptors (Lipinski definition) is 4. The predicted molar refractivity (Wildman–Crippen MR) is 49.7 cm³/mol. The molecule has 1 rings (SSSR count). The van der Waals surface area contributed by atoms with Crippen LogP contribution >= 0.6 is 0 Å². The Bertz CT molecular complexity index is 224. The number of unbranched alkanes of at least 4 members (excludes halogenated alkanes) is 3. The van der Waals surface area contributed by atoms with Gasteiger partial charge in [0.1, 0.15) is 6.10 Å². The summed E-state index contributed by atoms with van der Waals surface area (Å²) in [6.07, 6.45) is 2.94. The molecular formula is C10H16O4. The highest BCUT2D eigenvalue weighted by Crippen LogP contribution is 2.18. The Morgan fingerprint density at radius 1 is 1.29 bits per heavy atom. The van der Waals surface area contributed by atoms with Crippen molar-refractivity contribution in [1.82, 2.24) is 0 Å². The Hall–Kier alpha value is -0.900. The second kappa shape index (κ2) is 5.10. The molecule has 1 aliphatic heterocycles. The van der Waals surface area contributed by atoms with E-state index in [2.05, 4.69) is 6.92 Å². The minimum Gasteiger partial charge on any atom is -0.453 e. The summed E-state index contributed by atoms with van der Waals surface area (Å²) in [7, 11) is 0. The van der Waals surface area contributed by atoms with Gasteiger partial charge in [-0.3, -0.25) is 4.79 Å². The molecule has 0 radical (unpaired) electrons. The van der Waals surface area contributed by atoms with E-state index in [-0.39, 0.29) is 0 Å². The van der Waals surface area contributed by atoms with E-state index in [1.165, 1.54) is 0 Å². The minimum absolute atomic E-state index is 0.582.